The van der Waals surface area contributed by atoms with Crippen molar-refractivity contribution in [2.24, 2.45) is 0 Å². The molecule has 0 spiro atoms. The van der Waals surface area contributed by atoms with Gasteiger partial charge in [-0.25, -0.2) is 4.79 Å². The van der Waals surface area contributed by atoms with Crippen molar-refractivity contribution >= 4 is 23.4 Å². The first-order valence-electron chi connectivity index (χ1n) is 6.67. The van der Waals surface area contributed by atoms with E-state index in [1.54, 1.807) is 42.5 Å². The van der Waals surface area contributed by atoms with Gasteiger partial charge < -0.3 is 9.84 Å². The number of hydrogen-bond acceptors (Lipinski definition) is 3. The van der Waals surface area contributed by atoms with Gasteiger partial charge in [-0.1, -0.05) is 29.8 Å². The molecule has 4 nitrogen and oxygen atoms in total. The monoisotopic (exact) mass is 303 g/mol. The maximum Gasteiger partial charge on any atom is 0.419 e. The summed E-state index contributed by atoms with van der Waals surface area (Å²) in [5.41, 5.74) is 1.29. The van der Waals surface area contributed by atoms with Gasteiger partial charge in [0, 0.05) is 17.1 Å². The minimum Gasteiger partial charge on any atom is -0.410 e. The summed E-state index contributed by atoms with van der Waals surface area (Å²) in [6.07, 6.45) is -0.617. The van der Waals surface area contributed by atoms with Crippen LogP contribution >= 0.6 is 11.6 Å². The quantitative estimate of drug-likeness (QED) is 0.872. The van der Waals surface area contributed by atoms with Crippen LogP contribution in [0.2, 0.25) is 5.02 Å². The molecule has 108 valence electrons. The minimum atomic E-state index is -0.612. The highest BCUT2D eigenvalue weighted by atomic mass is 35.5. The molecule has 0 fully saturated rings. The molecule has 0 bridgehead atoms. The summed E-state index contributed by atoms with van der Waals surface area (Å²) in [6.45, 7) is 0.404. The van der Waals surface area contributed by atoms with E-state index in [-0.39, 0.29) is 0 Å². The zero-order chi connectivity index (χ0) is 14.8. The number of rotatable bonds is 1. The molecule has 1 aliphatic heterocycles. The lowest BCUT2D eigenvalue weighted by atomic mass is 9.99. The lowest BCUT2D eigenvalue weighted by molar-refractivity contribution is 0.161. The van der Waals surface area contributed by atoms with E-state index in [0.29, 0.717) is 35.0 Å². The van der Waals surface area contributed by atoms with E-state index in [9.17, 15) is 9.90 Å². The van der Waals surface area contributed by atoms with Crippen molar-refractivity contribution in [1.29, 1.82) is 0 Å². The van der Waals surface area contributed by atoms with Crippen molar-refractivity contribution in [2.45, 2.75) is 12.5 Å². The number of amides is 1. The standard InChI is InChI=1S/C16H14ClNO3/c17-11-6-7-14-13(10-11)15(19)8-9-18(14)16(20)21-12-4-2-1-3-5-12/h1-7,10,15,19H,8-9H2. The van der Waals surface area contributed by atoms with Crippen molar-refractivity contribution in [3.05, 3.63) is 59.1 Å². The zero-order valence-electron chi connectivity index (χ0n) is 11.2. The van der Waals surface area contributed by atoms with Gasteiger partial charge in [0.2, 0.25) is 0 Å². The van der Waals surface area contributed by atoms with E-state index in [1.165, 1.54) is 4.90 Å². The van der Waals surface area contributed by atoms with Gasteiger partial charge in [-0.15, -0.1) is 0 Å². The topological polar surface area (TPSA) is 49.8 Å². The van der Waals surface area contributed by atoms with E-state index in [1.807, 2.05) is 6.07 Å². The molecule has 1 unspecified atom stereocenters. The molecule has 0 aliphatic carbocycles. The third-order valence-corrected chi connectivity index (χ3v) is 3.67. The second kappa shape index (κ2) is 5.76. The largest absolute Gasteiger partial charge is 0.419 e. The number of fused-ring (bicyclic) bond motifs is 1. The smallest absolute Gasteiger partial charge is 0.410 e. The summed E-state index contributed by atoms with van der Waals surface area (Å²) in [6, 6.07) is 14.0. The molecule has 2 aromatic rings. The predicted octanol–water partition coefficient (Wildman–Crippen LogP) is 3.78. The average Bonchev–Trinajstić information content (AvgIpc) is 2.49. The average molecular weight is 304 g/mol. The number of carbonyl (C=O) groups excluding carboxylic acids is 1. The fraction of sp³-hybridized carbons (Fsp3) is 0.188. The SMILES string of the molecule is O=C(Oc1ccccc1)N1CCC(O)c2cc(Cl)ccc21. The lowest BCUT2D eigenvalue weighted by Gasteiger charge is -2.31. The molecule has 2 aromatic carbocycles. The maximum atomic E-state index is 12.3. The van der Waals surface area contributed by atoms with Crippen molar-refractivity contribution in [3.63, 3.8) is 0 Å². The number of aliphatic hydroxyl groups is 1. The lowest BCUT2D eigenvalue weighted by Crippen LogP contribution is -2.38. The Morgan fingerprint density at radius 3 is 2.76 bits per heavy atom. The molecule has 5 heteroatoms. The Morgan fingerprint density at radius 1 is 1.24 bits per heavy atom. The fourth-order valence-electron chi connectivity index (χ4n) is 2.40. The van der Waals surface area contributed by atoms with E-state index in [2.05, 4.69) is 0 Å². The molecular formula is C16H14ClNO3. The van der Waals surface area contributed by atoms with Crippen LogP contribution in [0.1, 0.15) is 18.1 Å². The third-order valence-electron chi connectivity index (χ3n) is 3.43. The van der Waals surface area contributed by atoms with Crippen LogP contribution in [0.5, 0.6) is 5.75 Å². The predicted molar refractivity (Wildman–Crippen MR) is 80.8 cm³/mol. The van der Waals surface area contributed by atoms with Gasteiger partial charge in [-0.05, 0) is 36.8 Å². The van der Waals surface area contributed by atoms with Crippen molar-refractivity contribution in [1.82, 2.24) is 0 Å². The summed E-state index contributed by atoms with van der Waals surface area (Å²) in [5, 5.41) is 10.6. The third kappa shape index (κ3) is 2.86. The fourth-order valence-corrected chi connectivity index (χ4v) is 2.58. The number of aliphatic hydroxyl groups excluding tert-OH is 1. The summed E-state index contributed by atoms with van der Waals surface area (Å²) < 4.78 is 5.35. The Balaban J connectivity index is 1.87. The minimum absolute atomic E-state index is 0.404. The molecule has 1 heterocycles. The number of nitrogens with zero attached hydrogens (tertiary/aromatic N) is 1. The first-order chi connectivity index (χ1) is 10.1. The molecule has 1 N–H and O–H groups in total. The van der Waals surface area contributed by atoms with Crippen LogP contribution in [0.4, 0.5) is 10.5 Å². The summed E-state index contributed by atoms with van der Waals surface area (Å²) in [7, 11) is 0. The van der Waals surface area contributed by atoms with Crippen LogP contribution in [0.3, 0.4) is 0 Å². The Bertz CT molecular complexity index is 660. The van der Waals surface area contributed by atoms with E-state index >= 15 is 0 Å². The first kappa shape index (κ1) is 13.9. The Hall–Kier alpha value is -2.04. The highest BCUT2D eigenvalue weighted by Crippen LogP contribution is 2.35. The normalized spacial score (nSPS) is 17.2. The number of ether oxygens (including phenoxy) is 1. The van der Waals surface area contributed by atoms with Gasteiger partial charge in [0.15, 0.2) is 0 Å². The number of halogens is 1. The zero-order valence-corrected chi connectivity index (χ0v) is 12.0. The Morgan fingerprint density at radius 2 is 2.00 bits per heavy atom. The van der Waals surface area contributed by atoms with Gasteiger partial charge >= 0.3 is 6.09 Å². The summed E-state index contributed by atoms with van der Waals surface area (Å²) in [5.74, 6) is 0.490. The Labute approximate surface area is 127 Å². The van der Waals surface area contributed by atoms with E-state index in [0.717, 1.165) is 0 Å². The second-order valence-corrected chi connectivity index (χ2v) is 5.28. The van der Waals surface area contributed by atoms with Gasteiger partial charge in [0.1, 0.15) is 5.75 Å². The van der Waals surface area contributed by atoms with Crippen LogP contribution in [-0.4, -0.2) is 17.7 Å². The number of para-hydroxylation sites is 1. The number of hydrogen-bond donors (Lipinski definition) is 1. The molecule has 1 atom stereocenters. The highest BCUT2D eigenvalue weighted by Gasteiger charge is 2.28. The van der Waals surface area contributed by atoms with Crippen molar-refractivity contribution in [2.75, 3.05) is 11.4 Å². The number of benzene rings is 2. The molecule has 0 saturated carbocycles. The molecular weight excluding hydrogens is 290 g/mol. The van der Waals surface area contributed by atoms with Gasteiger partial charge in [-0.3, -0.25) is 4.90 Å². The molecule has 1 aliphatic rings. The second-order valence-electron chi connectivity index (χ2n) is 4.84. The van der Waals surface area contributed by atoms with Gasteiger partial charge in [0.05, 0.1) is 11.8 Å². The number of carbonyl (C=O) groups is 1. The van der Waals surface area contributed by atoms with Gasteiger partial charge in [-0.2, -0.15) is 0 Å². The van der Waals surface area contributed by atoms with Crippen LogP contribution in [0.25, 0.3) is 0 Å². The molecule has 3 rings (SSSR count). The van der Waals surface area contributed by atoms with Crippen LogP contribution < -0.4 is 9.64 Å². The molecule has 0 saturated heterocycles. The number of anilines is 1. The van der Waals surface area contributed by atoms with E-state index < -0.39 is 12.2 Å². The molecule has 1 amide bonds. The molecule has 21 heavy (non-hydrogen) atoms. The van der Waals surface area contributed by atoms with Crippen LogP contribution in [0, 0.1) is 0 Å². The summed E-state index contributed by atoms with van der Waals surface area (Å²) in [4.78, 5) is 13.8. The van der Waals surface area contributed by atoms with Crippen LogP contribution in [0.15, 0.2) is 48.5 Å². The van der Waals surface area contributed by atoms with Crippen LogP contribution in [-0.2, 0) is 0 Å². The van der Waals surface area contributed by atoms with Crippen molar-refractivity contribution < 1.29 is 14.6 Å². The van der Waals surface area contributed by atoms with Crippen molar-refractivity contribution in [3.8, 4) is 5.75 Å². The highest BCUT2D eigenvalue weighted by molar-refractivity contribution is 6.30. The molecule has 0 radical (unpaired) electrons. The summed E-state index contributed by atoms with van der Waals surface area (Å²) >= 11 is 5.95. The molecule has 0 aromatic heterocycles. The maximum absolute atomic E-state index is 12.3. The van der Waals surface area contributed by atoms with E-state index in [4.69, 9.17) is 16.3 Å². The Kier molecular flexibility index (Phi) is 3.82. The first-order valence-corrected chi connectivity index (χ1v) is 7.05. The van der Waals surface area contributed by atoms with Gasteiger partial charge in [0.25, 0.3) is 0 Å².